The van der Waals surface area contributed by atoms with Crippen LogP contribution in [0.1, 0.15) is 94.9 Å². The fourth-order valence-electron chi connectivity index (χ4n) is 9.20. The zero-order chi connectivity index (χ0) is 48.5. The number of nitrogens with two attached hydrogens (primary N) is 1. The summed E-state index contributed by atoms with van der Waals surface area (Å²) < 4.78 is 30.1. The van der Waals surface area contributed by atoms with Crippen molar-refractivity contribution in [2.75, 3.05) is 32.7 Å². The molecule has 15 nitrogen and oxygen atoms in total. The fraction of sp³-hybridized carbons (Fsp3) is 0.370. The second kappa shape index (κ2) is 19.5. The summed E-state index contributed by atoms with van der Waals surface area (Å²) in [7, 11) is 3.08. The van der Waals surface area contributed by atoms with Crippen LogP contribution in [0.15, 0.2) is 94.9 Å². The van der Waals surface area contributed by atoms with Crippen molar-refractivity contribution >= 4 is 47.2 Å². The van der Waals surface area contributed by atoms with Gasteiger partial charge in [-0.15, -0.1) is 0 Å². The molecule has 0 radical (unpaired) electrons. The Labute approximate surface area is 402 Å². The Morgan fingerprint density at radius 3 is 1.80 bits per heavy atom. The summed E-state index contributed by atoms with van der Waals surface area (Å²) in [6, 6.07) is 26.1. The summed E-state index contributed by atoms with van der Waals surface area (Å²) in [6.45, 7) is 9.88. The quantitative estimate of drug-likeness (QED) is 0.0977. The van der Waals surface area contributed by atoms with Gasteiger partial charge in [-0.2, -0.15) is 0 Å². The van der Waals surface area contributed by atoms with Crippen molar-refractivity contribution in [3.63, 3.8) is 0 Å². The first kappa shape index (κ1) is 47.0. The highest BCUT2D eigenvalue weighted by molar-refractivity contribution is 6.04. The number of fused-ring (bicyclic) bond motifs is 6. The van der Waals surface area contributed by atoms with Gasteiger partial charge >= 0.3 is 0 Å². The maximum atomic E-state index is 14.3. The maximum absolute atomic E-state index is 14.3. The van der Waals surface area contributed by atoms with Crippen LogP contribution in [-0.4, -0.2) is 90.0 Å². The van der Waals surface area contributed by atoms with Gasteiger partial charge in [-0.3, -0.25) is 29.4 Å². The van der Waals surface area contributed by atoms with Crippen LogP contribution in [0.25, 0.3) is 0 Å². The van der Waals surface area contributed by atoms with Crippen LogP contribution in [-0.2, 0) is 48.7 Å². The summed E-state index contributed by atoms with van der Waals surface area (Å²) in [6.07, 6.45) is 6.21. The molecule has 5 heterocycles. The van der Waals surface area contributed by atoms with E-state index in [1.807, 2.05) is 98.5 Å². The molecule has 5 aromatic rings. The number of aliphatic imine (C=N–C) groups is 2. The Bertz CT molecular complexity index is 2860. The van der Waals surface area contributed by atoms with Gasteiger partial charge in [0, 0.05) is 55.4 Å². The van der Waals surface area contributed by atoms with Gasteiger partial charge in [0.1, 0.15) is 13.2 Å². The lowest BCUT2D eigenvalue weighted by atomic mass is 9.88. The number of pyridine rings is 1. The Balaban J connectivity index is 0.839. The number of methoxy groups -OCH3 is 2. The average Bonchev–Trinajstić information content (AvgIpc) is 3.55. The standard InChI is InChI=1S/C54H59N7O8/c1-53(2,17-19-69-54(3,4)16-18-55)52(64)59-37-15-14-34-22-41-28-57-45-26-49(47(66-6)24-43(45)51(63)61(41)30-36(34)20-37)68-32-39-13-9-12-38(58-39)31-67-48-25-44-42(23-46(48)65-5)50(62)60-29-35-11-8-7-10-33(35)21-40(60)27-56-44/h7-15,20,23-28,40-41H,16-19,21-22,29-32,55H2,1-6H3,(H,59,64)/t40-,41-/m0/s1. The third-order valence-corrected chi connectivity index (χ3v) is 13.4. The van der Waals surface area contributed by atoms with Crippen LogP contribution in [0.2, 0.25) is 0 Å². The van der Waals surface area contributed by atoms with Gasteiger partial charge in [-0.1, -0.05) is 50.2 Å². The molecule has 1 aromatic heterocycles. The van der Waals surface area contributed by atoms with E-state index in [9.17, 15) is 14.4 Å². The fourth-order valence-corrected chi connectivity index (χ4v) is 9.20. The molecule has 0 aliphatic carbocycles. The highest BCUT2D eigenvalue weighted by Gasteiger charge is 2.36. The number of hydrogen-bond acceptors (Lipinski definition) is 12. The zero-order valence-corrected chi connectivity index (χ0v) is 40.0. The molecular formula is C54H59N7O8. The Kier molecular flexibility index (Phi) is 13.3. The number of rotatable bonds is 16. The minimum atomic E-state index is -0.676. The molecule has 4 aliphatic heterocycles. The van der Waals surface area contributed by atoms with Crippen LogP contribution in [0.3, 0.4) is 0 Å². The lowest BCUT2D eigenvalue weighted by molar-refractivity contribution is -0.126. The second-order valence-electron chi connectivity index (χ2n) is 19.2. The first-order valence-corrected chi connectivity index (χ1v) is 23.4. The summed E-state index contributed by atoms with van der Waals surface area (Å²) in [5.74, 6) is 1.25. The molecule has 4 aliphatic rings. The smallest absolute Gasteiger partial charge is 0.257 e. The van der Waals surface area contributed by atoms with Crippen LogP contribution in [0.4, 0.5) is 17.1 Å². The Morgan fingerprint density at radius 2 is 1.23 bits per heavy atom. The van der Waals surface area contributed by atoms with E-state index >= 15 is 0 Å². The molecule has 0 saturated heterocycles. The number of amides is 3. The molecule has 15 heteroatoms. The van der Waals surface area contributed by atoms with Crippen molar-refractivity contribution in [2.45, 2.75) is 97.4 Å². The van der Waals surface area contributed by atoms with Crippen LogP contribution < -0.4 is 30.0 Å². The van der Waals surface area contributed by atoms with Crippen LogP contribution in [0.5, 0.6) is 23.0 Å². The number of nitrogens with one attached hydrogen (secondary N) is 1. The Hall–Kier alpha value is -7.10. The van der Waals surface area contributed by atoms with E-state index in [1.165, 1.54) is 12.7 Å². The molecule has 9 rings (SSSR count). The molecule has 0 spiro atoms. The van der Waals surface area contributed by atoms with Crippen LogP contribution in [0, 0.1) is 5.41 Å². The first-order valence-electron chi connectivity index (χ1n) is 23.4. The van der Waals surface area contributed by atoms with Gasteiger partial charge in [0.15, 0.2) is 23.0 Å². The minimum absolute atomic E-state index is 0.0992. The SMILES string of the molecule is COc1cc2c(cc1OCc1cccc(COc3cc4c(cc3OC)C(=O)N3Cc5cc(NC(=O)C(C)(C)CCOC(C)(C)CCN)ccc5C[C@H]3C=N4)n1)N=C[C@@H]1Cc3ccccc3CN1C2=O. The molecule has 4 aromatic carbocycles. The molecule has 0 saturated carbocycles. The van der Waals surface area contributed by atoms with E-state index in [1.54, 1.807) is 31.4 Å². The van der Waals surface area contributed by atoms with Crippen molar-refractivity contribution in [1.29, 1.82) is 0 Å². The molecule has 2 atom stereocenters. The van der Waals surface area contributed by atoms with E-state index in [2.05, 4.69) is 17.4 Å². The molecule has 0 bridgehead atoms. The molecule has 0 unspecified atom stereocenters. The molecule has 358 valence electrons. The number of benzene rings is 4. The minimum Gasteiger partial charge on any atom is -0.493 e. The molecule has 69 heavy (non-hydrogen) atoms. The van der Waals surface area contributed by atoms with Crippen molar-refractivity contribution in [3.05, 3.63) is 130 Å². The number of anilines is 1. The van der Waals surface area contributed by atoms with Crippen molar-refractivity contribution in [1.82, 2.24) is 14.8 Å². The number of carbonyl (C=O) groups excluding carboxylic acids is 3. The van der Waals surface area contributed by atoms with Gasteiger partial charge in [0.2, 0.25) is 5.91 Å². The summed E-state index contributed by atoms with van der Waals surface area (Å²) in [4.78, 5) is 59.6. The average molecular weight is 934 g/mol. The van der Waals surface area contributed by atoms with E-state index in [0.29, 0.717) is 108 Å². The van der Waals surface area contributed by atoms with Crippen molar-refractivity contribution in [2.24, 2.45) is 21.1 Å². The van der Waals surface area contributed by atoms with Crippen molar-refractivity contribution < 1.29 is 38.1 Å². The van der Waals surface area contributed by atoms with Gasteiger partial charge in [-0.05, 0) is 105 Å². The second-order valence-corrected chi connectivity index (χ2v) is 19.2. The topological polar surface area (TPSA) is 180 Å². The van der Waals surface area contributed by atoms with Gasteiger partial charge in [0.05, 0.1) is 65.8 Å². The predicted molar refractivity (Wildman–Crippen MR) is 264 cm³/mol. The van der Waals surface area contributed by atoms with E-state index in [4.69, 9.17) is 44.4 Å². The lowest BCUT2D eigenvalue weighted by Crippen LogP contribution is -2.44. The zero-order valence-electron chi connectivity index (χ0n) is 40.0. The summed E-state index contributed by atoms with van der Waals surface area (Å²) in [5, 5.41) is 3.10. The molecular weight excluding hydrogens is 875 g/mol. The van der Waals surface area contributed by atoms with E-state index < -0.39 is 5.41 Å². The van der Waals surface area contributed by atoms with E-state index in [-0.39, 0.29) is 48.6 Å². The number of ether oxygens (including phenoxy) is 5. The summed E-state index contributed by atoms with van der Waals surface area (Å²) in [5.41, 5.74) is 12.9. The van der Waals surface area contributed by atoms with Crippen molar-refractivity contribution in [3.8, 4) is 23.0 Å². The highest BCUT2D eigenvalue weighted by atomic mass is 16.5. The van der Waals surface area contributed by atoms with E-state index in [0.717, 1.165) is 23.1 Å². The summed E-state index contributed by atoms with van der Waals surface area (Å²) >= 11 is 0. The van der Waals surface area contributed by atoms with Gasteiger partial charge < -0.3 is 44.5 Å². The molecule has 3 amide bonds. The van der Waals surface area contributed by atoms with Gasteiger partial charge in [0.25, 0.3) is 11.8 Å². The lowest BCUT2D eigenvalue weighted by Gasteiger charge is -2.34. The number of carbonyl (C=O) groups is 3. The first-order chi connectivity index (χ1) is 33.2. The molecule has 3 N–H and O–H groups in total. The monoisotopic (exact) mass is 933 g/mol. The van der Waals surface area contributed by atoms with Gasteiger partial charge in [-0.25, -0.2) is 0 Å². The highest BCUT2D eigenvalue weighted by Crippen LogP contribution is 2.41. The molecule has 0 fully saturated rings. The third-order valence-electron chi connectivity index (χ3n) is 13.4. The predicted octanol–water partition coefficient (Wildman–Crippen LogP) is 8.32. The largest absolute Gasteiger partial charge is 0.493 e. The maximum Gasteiger partial charge on any atom is 0.257 e. The number of aromatic nitrogens is 1. The number of nitrogens with zero attached hydrogens (tertiary/aromatic N) is 5. The van der Waals surface area contributed by atoms with Crippen LogP contribution >= 0.6 is 0 Å². The normalized spacial score (nSPS) is 17.0. The third kappa shape index (κ3) is 10.1. The Morgan fingerprint density at radius 1 is 0.681 bits per heavy atom. The number of hydrogen-bond donors (Lipinski definition) is 2.